The fourth-order valence-electron chi connectivity index (χ4n) is 4.08. The van der Waals surface area contributed by atoms with Gasteiger partial charge < -0.3 is 4.57 Å². The van der Waals surface area contributed by atoms with E-state index in [4.69, 9.17) is 0 Å². The number of carbonyl (C=O) groups is 1. The minimum Gasteiger partial charge on any atom is -0.316 e. The zero-order valence-electron chi connectivity index (χ0n) is 19.0. The number of nitrogens with zero attached hydrogens (tertiary/aromatic N) is 2. The Hall–Kier alpha value is -3.24. The van der Waals surface area contributed by atoms with Gasteiger partial charge in [0.25, 0.3) is 5.91 Å². The molecule has 4 rings (SSSR count). The lowest BCUT2D eigenvalue weighted by Gasteiger charge is -2.14. The Morgan fingerprint density at radius 1 is 0.875 bits per heavy atom. The van der Waals surface area contributed by atoms with E-state index in [1.54, 1.807) is 11.3 Å². The van der Waals surface area contributed by atoms with Crippen LogP contribution >= 0.6 is 11.3 Å². The fourth-order valence-corrected chi connectivity index (χ4v) is 5.14. The van der Waals surface area contributed by atoms with Gasteiger partial charge in [-0.15, -0.1) is 11.3 Å². The third-order valence-corrected chi connectivity index (χ3v) is 6.89. The molecule has 162 valence electrons. The average Bonchev–Trinajstić information content (AvgIpc) is 3.11. The number of thiazole rings is 1. The maximum absolute atomic E-state index is 13.6. The van der Waals surface area contributed by atoms with Gasteiger partial charge in [-0.2, -0.15) is 4.99 Å². The first-order chi connectivity index (χ1) is 15.5. The van der Waals surface area contributed by atoms with Crippen LogP contribution in [0.5, 0.6) is 0 Å². The minimum atomic E-state index is -0.421. The van der Waals surface area contributed by atoms with Gasteiger partial charge >= 0.3 is 0 Å². The molecular formula is C28H28N2OS. The Morgan fingerprint density at radius 2 is 1.47 bits per heavy atom. The molecule has 0 spiro atoms. The minimum absolute atomic E-state index is 0.141. The fraction of sp³-hybridized carbons (Fsp3) is 0.214. The highest BCUT2D eigenvalue weighted by atomic mass is 32.1. The van der Waals surface area contributed by atoms with Gasteiger partial charge in [-0.3, -0.25) is 4.79 Å². The highest BCUT2D eigenvalue weighted by Crippen LogP contribution is 2.29. The number of aromatic nitrogens is 1. The SMILES string of the molecule is CCn1c(-c2ccc(C)c(C)c2)c(C)sc1=NC(=O)C(c1ccccc1)c1ccccc1. The van der Waals surface area contributed by atoms with Crippen molar-refractivity contribution >= 4 is 17.2 Å². The largest absolute Gasteiger partial charge is 0.316 e. The molecule has 1 aromatic heterocycles. The van der Waals surface area contributed by atoms with Gasteiger partial charge in [-0.25, -0.2) is 0 Å². The van der Waals surface area contributed by atoms with Crippen molar-refractivity contribution in [2.24, 2.45) is 4.99 Å². The highest BCUT2D eigenvalue weighted by Gasteiger charge is 2.23. The van der Waals surface area contributed by atoms with E-state index >= 15 is 0 Å². The summed E-state index contributed by atoms with van der Waals surface area (Å²) in [5.41, 5.74) is 6.76. The van der Waals surface area contributed by atoms with Gasteiger partial charge in [0.05, 0.1) is 11.6 Å². The van der Waals surface area contributed by atoms with Gasteiger partial charge in [0.2, 0.25) is 0 Å². The first-order valence-corrected chi connectivity index (χ1v) is 11.8. The summed E-state index contributed by atoms with van der Waals surface area (Å²) in [6, 6.07) is 26.4. The molecule has 1 heterocycles. The summed E-state index contributed by atoms with van der Waals surface area (Å²) in [6.45, 7) is 9.22. The van der Waals surface area contributed by atoms with Crippen LogP contribution in [0.4, 0.5) is 0 Å². The molecule has 0 radical (unpaired) electrons. The lowest BCUT2D eigenvalue weighted by atomic mass is 9.91. The second-order valence-corrected chi connectivity index (χ2v) is 9.22. The Morgan fingerprint density at radius 3 is 2.00 bits per heavy atom. The third-order valence-electron chi connectivity index (χ3n) is 5.89. The van der Waals surface area contributed by atoms with Crippen LogP contribution in [0, 0.1) is 20.8 Å². The number of carbonyl (C=O) groups excluding carboxylic acids is 1. The first-order valence-electron chi connectivity index (χ1n) is 11.0. The maximum atomic E-state index is 13.6. The molecule has 0 bridgehead atoms. The standard InChI is InChI=1S/C28H28N2OS/c1-5-30-26(24-17-16-19(2)20(3)18-24)21(4)32-28(30)29-27(31)25(22-12-8-6-9-13-22)23-14-10-7-11-15-23/h6-18,25H,5H2,1-4H3. The molecule has 0 unspecified atom stereocenters. The summed E-state index contributed by atoms with van der Waals surface area (Å²) in [5.74, 6) is -0.562. The zero-order valence-corrected chi connectivity index (χ0v) is 19.8. The van der Waals surface area contributed by atoms with Gasteiger partial charge in [0.1, 0.15) is 0 Å². The normalized spacial score (nSPS) is 11.8. The van der Waals surface area contributed by atoms with Crippen LogP contribution in [-0.4, -0.2) is 10.5 Å². The molecule has 4 aromatic rings. The van der Waals surface area contributed by atoms with Gasteiger partial charge in [0, 0.05) is 11.4 Å². The Bertz CT molecular complexity index is 1260. The molecule has 4 heteroatoms. The summed E-state index contributed by atoms with van der Waals surface area (Å²) in [5, 5.41) is 0. The number of benzene rings is 3. The number of rotatable bonds is 5. The number of aryl methyl sites for hydroxylation is 3. The Kier molecular flexibility index (Phi) is 6.52. The van der Waals surface area contributed by atoms with E-state index in [0.29, 0.717) is 0 Å². The average molecular weight is 441 g/mol. The van der Waals surface area contributed by atoms with Crippen molar-refractivity contribution in [3.63, 3.8) is 0 Å². The van der Waals surface area contributed by atoms with Crippen LogP contribution in [0.25, 0.3) is 11.3 Å². The summed E-state index contributed by atoms with van der Waals surface area (Å²) < 4.78 is 2.16. The van der Waals surface area contributed by atoms with Crippen LogP contribution in [-0.2, 0) is 11.3 Å². The smallest absolute Gasteiger partial charge is 0.260 e. The zero-order chi connectivity index (χ0) is 22.7. The van der Waals surface area contributed by atoms with Crippen LogP contribution in [0.2, 0.25) is 0 Å². The van der Waals surface area contributed by atoms with Crippen molar-refractivity contribution in [3.05, 3.63) is 111 Å². The molecule has 0 aliphatic carbocycles. The summed E-state index contributed by atoms with van der Waals surface area (Å²) in [4.78, 5) is 20.2. The lowest BCUT2D eigenvalue weighted by Crippen LogP contribution is -2.20. The molecular weight excluding hydrogens is 412 g/mol. The van der Waals surface area contributed by atoms with Crippen molar-refractivity contribution in [2.75, 3.05) is 0 Å². The molecule has 1 amide bonds. The third kappa shape index (κ3) is 4.37. The van der Waals surface area contributed by atoms with Crippen molar-refractivity contribution in [3.8, 4) is 11.3 Å². The molecule has 3 aromatic carbocycles. The predicted molar refractivity (Wildman–Crippen MR) is 133 cm³/mol. The van der Waals surface area contributed by atoms with E-state index in [2.05, 4.69) is 55.5 Å². The number of hydrogen-bond acceptors (Lipinski definition) is 2. The topological polar surface area (TPSA) is 34.4 Å². The Balaban J connectivity index is 1.83. The molecule has 0 fully saturated rings. The summed E-state index contributed by atoms with van der Waals surface area (Å²) >= 11 is 1.58. The molecule has 32 heavy (non-hydrogen) atoms. The van der Waals surface area contributed by atoms with Crippen LogP contribution < -0.4 is 4.80 Å². The van der Waals surface area contributed by atoms with E-state index in [-0.39, 0.29) is 5.91 Å². The maximum Gasteiger partial charge on any atom is 0.260 e. The van der Waals surface area contributed by atoms with Crippen molar-refractivity contribution in [1.82, 2.24) is 4.57 Å². The van der Waals surface area contributed by atoms with Crippen LogP contribution in [0.15, 0.2) is 83.9 Å². The van der Waals surface area contributed by atoms with Gasteiger partial charge in [-0.05, 0) is 61.6 Å². The van der Waals surface area contributed by atoms with Crippen LogP contribution in [0.1, 0.15) is 40.0 Å². The first kappa shape index (κ1) is 22.0. The molecule has 3 nitrogen and oxygen atoms in total. The second kappa shape index (κ2) is 9.49. The quantitative estimate of drug-likeness (QED) is 0.352. The van der Waals surface area contributed by atoms with E-state index in [1.165, 1.54) is 16.7 Å². The van der Waals surface area contributed by atoms with Crippen molar-refractivity contribution < 1.29 is 4.79 Å². The summed E-state index contributed by atoms with van der Waals surface area (Å²) in [7, 11) is 0. The highest BCUT2D eigenvalue weighted by molar-refractivity contribution is 7.09. The Labute approximate surface area is 193 Å². The van der Waals surface area contributed by atoms with E-state index in [9.17, 15) is 4.79 Å². The van der Waals surface area contributed by atoms with E-state index in [1.807, 2.05) is 60.7 Å². The lowest BCUT2D eigenvalue weighted by molar-refractivity contribution is -0.118. The van der Waals surface area contributed by atoms with Crippen molar-refractivity contribution in [2.45, 2.75) is 40.2 Å². The van der Waals surface area contributed by atoms with Gasteiger partial charge in [-0.1, -0.05) is 72.8 Å². The summed E-state index contributed by atoms with van der Waals surface area (Å²) in [6.07, 6.45) is 0. The van der Waals surface area contributed by atoms with E-state index in [0.717, 1.165) is 33.0 Å². The number of amides is 1. The number of hydrogen-bond donors (Lipinski definition) is 0. The second-order valence-electron chi connectivity index (χ2n) is 8.04. The predicted octanol–water partition coefficient (Wildman–Crippen LogP) is 6.42. The van der Waals surface area contributed by atoms with Gasteiger partial charge in [0.15, 0.2) is 4.80 Å². The van der Waals surface area contributed by atoms with Crippen LogP contribution in [0.3, 0.4) is 0 Å². The molecule has 0 aliphatic rings. The molecule has 0 saturated heterocycles. The van der Waals surface area contributed by atoms with Crippen molar-refractivity contribution in [1.29, 1.82) is 0 Å². The monoisotopic (exact) mass is 440 g/mol. The molecule has 0 atom stereocenters. The molecule has 0 N–H and O–H groups in total. The molecule has 0 aliphatic heterocycles. The molecule has 0 saturated carbocycles. The van der Waals surface area contributed by atoms with E-state index < -0.39 is 5.92 Å².